The van der Waals surface area contributed by atoms with Gasteiger partial charge in [-0.1, -0.05) is 19.9 Å². The standard InChI is InChI=1S/C14H17NO5/c1-14(2,7-12(17)18)6-10(16)8-3-4-9-11(5-8)20-13(19)15-9/h3-5,10,16H,6-7H2,1-2H3,(H,15,19)(H,17,18). The number of oxazole rings is 1. The van der Waals surface area contributed by atoms with Crippen LogP contribution in [0.5, 0.6) is 0 Å². The fourth-order valence-corrected chi connectivity index (χ4v) is 2.29. The number of aliphatic hydroxyl groups is 1. The second-order valence-corrected chi connectivity index (χ2v) is 5.72. The van der Waals surface area contributed by atoms with Gasteiger partial charge in [-0.3, -0.25) is 9.78 Å². The molecular formula is C14H17NO5. The molecule has 0 aliphatic heterocycles. The highest BCUT2D eigenvalue weighted by molar-refractivity contribution is 5.72. The Labute approximate surface area is 115 Å². The molecule has 0 aliphatic rings. The van der Waals surface area contributed by atoms with Gasteiger partial charge in [0.25, 0.3) is 0 Å². The molecular weight excluding hydrogens is 262 g/mol. The highest BCUT2D eigenvalue weighted by atomic mass is 16.4. The molecule has 0 saturated carbocycles. The SMILES string of the molecule is CC(C)(CC(=O)O)CC(O)c1ccc2[nH]c(=O)oc2c1. The molecule has 1 aromatic heterocycles. The van der Waals surface area contributed by atoms with Gasteiger partial charge in [0, 0.05) is 0 Å². The molecule has 3 N–H and O–H groups in total. The minimum absolute atomic E-state index is 0.0223. The summed E-state index contributed by atoms with van der Waals surface area (Å²) in [6.07, 6.45) is -0.528. The van der Waals surface area contributed by atoms with Crippen molar-refractivity contribution in [2.24, 2.45) is 5.41 Å². The number of aromatic amines is 1. The Kier molecular flexibility index (Phi) is 3.67. The second-order valence-electron chi connectivity index (χ2n) is 5.72. The van der Waals surface area contributed by atoms with Crippen molar-refractivity contribution in [3.05, 3.63) is 34.3 Å². The predicted octanol–water partition coefficient (Wildman–Crippen LogP) is 2.05. The first-order chi connectivity index (χ1) is 9.27. The van der Waals surface area contributed by atoms with Crippen LogP contribution in [0, 0.1) is 5.41 Å². The van der Waals surface area contributed by atoms with Crippen LogP contribution in [0.4, 0.5) is 0 Å². The first-order valence-electron chi connectivity index (χ1n) is 6.29. The van der Waals surface area contributed by atoms with Gasteiger partial charge in [0.2, 0.25) is 0 Å². The normalized spacial score (nSPS) is 13.6. The Morgan fingerprint density at radius 3 is 2.80 bits per heavy atom. The van der Waals surface area contributed by atoms with Crippen molar-refractivity contribution in [3.8, 4) is 0 Å². The number of hydrogen-bond acceptors (Lipinski definition) is 4. The van der Waals surface area contributed by atoms with E-state index in [1.54, 1.807) is 32.0 Å². The summed E-state index contributed by atoms with van der Waals surface area (Å²) in [6, 6.07) is 4.94. The zero-order valence-electron chi connectivity index (χ0n) is 11.3. The van der Waals surface area contributed by atoms with E-state index in [0.717, 1.165) is 0 Å². The number of aliphatic hydroxyl groups excluding tert-OH is 1. The molecule has 2 aromatic rings. The largest absolute Gasteiger partial charge is 0.481 e. The van der Waals surface area contributed by atoms with Crippen LogP contribution in [0.25, 0.3) is 11.1 Å². The molecule has 0 spiro atoms. The highest BCUT2D eigenvalue weighted by Gasteiger charge is 2.26. The number of hydrogen-bond donors (Lipinski definition) is 3. The smallest absolute Gasteiger partial charge is 0.417 e. The van der Waals surface area contributed by atoms with E-state index in [4.69, 9.17) is 9.52 Å². The molecule has 1 unspecified atom stereocenters. The van der Waals surface area contributed by atoms with Gasteiger partial charge in [0.15, 0.2) is 5.58 Å². The molecule has 1 aromatic carbocycles. The summed E-state index contributed by atoms with van der Waals surface area (Å²) in [6.45, 7) is 3.58. The Morgan fingerprint density at radius 1 is 1.45 bits per heavy atom. The van der Waals surface area contributed by atoms with E-state index in [1.807, 2.05) is 0 Å². The van der Waals surface area contributed by atoms with Crippen LogP contribution in [0.1, 0.15) is 38.4 Å². The lowest BCUT2D eigenvalue weighted by molar-refractivity contribution is -0.139. The monoisotopic (exact) mass is 279 g/mol. The molecule has 1 atom stereocenters. The zero-order valence-corrected chi connectivity index (χ0v) is 11.3. The Hall–Kier alpha value is -2.08. The van der Waals surface area contributed by atoms with Gasteiger partial charge in [-0.05, 0) is 29.5 Å². The maximum absolute atomic E-state index is 11.1. The Bertz CT molecular complexity index is 682. The summed E-state index contributed by atoms with van der Waals surface area (Å²) >= 11 is 0. The molecule has 0 bridgehead atoms. The van der Waals surface area contributed by atoms with Crippen molar-refractivity contribution in [3.63, 3.8) is 0 Å². The lowest BCUT2D eigenvalue weighted by Crippen LogP contribution is -2.20. The highest BCUT2D eigenvalue weighted by Crippen LogP contribution is 2.33. The van der Waals surface area contributed by atoms with Gasteiger partial charge >= 0.3 is 11.7 Å². The van der Waals surface area contributed by atoms with Gasteiger partial charge in [-0.2, -0.15) is 0 Å². The molecule has 6 heteroatoms. The minimum atomic E-state index is -0.894. The number of rotatable bonds is 5. The lowest BCUT2D eigenvalue weighted by atomic mass is 9.82. The predicted molar refractivity (Wildman–Crippen MR) is 72.4 cm³/mol. The van der Waals surface area contributed by atoms with Gasteiger partial charge in [0.1, 0.15) is 0 Å². The maximum Gasteiger partial charge on any atom is 0.417 e. The van der Waals surface area contributed by atoms with Crippen molar-refractivity contribution < 1.29 is 19.4 Å². The van der Waals surface area contributed by atoms with Gasteiger partial charge < -0.3 is 14.6 Å². The van der Waals surface area contributed by atoms with E-state index in [-0.39, 0.29) is 6.42 Å². The van der Waals surface area contributed by atoms with Gasteiger partial charge in [-0.15, -0.1) is 0 Å². The number of H-pyrrole nitrogens is 1. The number of aromatic nitrogens is 1. The van der Waals surface area contributed by atoms with E-state index in [2.05, 4.69) is 4.98 Å². The van der Waals surface area contributed by atoms with Crippen LogP contribution in [0.3, 0.4) is 0 Å². The fraction of sp³-hybridized carbons (Fsp3) is 0.429. The third-order valence-electron chi connectivity index (χ3n) is 3.21. The van der Waals surface area contributed by atoms with Crippen molar-refractivity contribution in [1.29, 1.82) is 0 Å². The first kappa shape index (κ1) is 14.3. The van der Waals surface area contributed by atoms with Crippen molar-refractivity contribution in [2.75, 3.05) is 0 Å². The van der Waals surface area contributed by atoms with E-state index in [9.17, 15) is 14.7 Å². The molecule has 108 valence electrons. The van der Waals surface area contributed by atoms with Crippen LogP contribution >= 0.6 is 0 Å². The number of carboxylic acids is 1. The summed E-state index contributed by atoms with van der Waals surface area (Å²) in [4.78, 5) is 24.4. The summed E-state index contributed by atoms with van der Waals surface area (Å²) in [5.74, 6) is -1.44. The van der Waals surface area contributed by atoms with Crippen LogP contribution in [-0.2, 0) is 4.79 Å². The van der Waals surface area contributed by atoms with E-state index in [0.29, 0.717) is 23.1 Å². The molecule has 0 fully saturated rings. The zero-order chi connectivity index (χ0) is 14.9. The van der Waals surface area contributed by atoms with Crippen LogP contribution in [-0.4, -0.2) is 21.2 Å². The van der Waals surface area contributed by atoms with Crippen molar-refractivity contribution in [2.45, 2.75) is 32.8 Å². The number of nitrogens with one attached hydrogen (secondary N) is 1. The van der Waals surface area contributed by atoms with E-state index in [1.165, 1.54) is 0 Å². The van der Waals surface area contributed by atoms with E-state index < -0.39 is 23.2 Å². The number of aliphatic carboxylic acids is 1. The molecule has 20 heavy (non-hydrogen) atoms. The third-order valence-corrected chi connectivity index (χ3v) is 3.21. The van der Waals surface area contributed by atoms with Crippen LogP contribution in [0.15, 0.2) is 27.4 Å². The molecule has 0 amide bonds. The van der Waals surface area contributed by atoms with Crippen molar-refractivity contribution >= 4 is 17.1 Å². The summed E-state index contributed by atoms with van der Waals surface area (Å²) < 4.78 is 4.94. The van der Waals surface area contributed by atoms with Gasteiger partial charge in [0.05, 0.1) is 18.0 Å². The minimum Gasteiger partial charge on any atom is -0.481 e. The molecule has 0 aliphatic carbocycles. The molecule has 0 radical (unpaired) electrons. The fourth-order valence-electron chi connectivity index (χ4n) is 2.29. The number of carbonyl (C=O) groups is 1. The number of fused-ring (bicyclic) bond motifs is 1. The van der Waals surface area contributed by atoms with E-state index >= 15 is 0 Å². The van der Waals surface area contributed by atoms with Gasteiger partial charge in [-0.25, -0.2) is 4.79 Å². The first-order valence-corrected chi connectivity index (χ1v) is 6.29. The Balaban J connectivity index is 2.20. The molecule has 2 rings (SSSR count). The second kappa shape index (κ2) is 5.13. The number of carboxylic acid groups (broad SMARTS) is 1. The quantitative estimate of drug-likeness (QED) is 0.777. The third kappa shape index (κ3) is 3.27. The summed E-state index contributed by atoms with van der Waals surface area (Å²) in [5, 5.41) is 19.1. The van der Waals surface area contributed by atoms with Crippen LogP contribution < -0.4 is 5.76 Å². The average Bonchev–Trinajstić information content (AvgIpc) is 2.64. The Morgan fingerprint density at radius 2 is 2.15 bits per heavy atom. The topological polar surface area (TPSA) is 104 Å². The summed E-state index contributed by atoms with van der Waals surface area (Å²) in [5.41, 5.74) is 1.01. The maximum atomic E-state index is 11.1. The average molecular weight is 279 g/mol. The number of benzene rings is 1. The van der Waals surface area contributed by atoms with Crippen molar-refractivity contribution in [1.82, 2.24) is 4.98 Å². The molecule has 1 heterocycles. The summed E-state index contributed by atoms with van der Waals surface area (Å²) in [7, 11) is 0. The molecule has 6 nitrogen and oxygen atoms in total. The lowest BCUT2D eigenvalue weighted by Gasteiger charge is -2.25. The van der Waals surface area contributed by atoms with Crippen LogP contribution in [0.2, 0.25) is 0 Å². The molecule has 0 saturated heterocycles.